The van der Waals surface area contributed by atoms with Gasteiger partial charge in [-0.1, -0.05) is 67.7 Å². The van der Waals surface area contributed by atoms with Crippen LogP contribution in [0.2, 0.25) is 18.1 Å². The number of allylic oxidation sites excluding steroid dienone is 2. The molecule has 218 valence electrons. The summed E-state index contributed by atoms with van der Waals surface area (Å²) in [7, 11) is -2.17. The second-order valence-electron chi connectivity index (χ2n) is 11.1. The average molecular weight is 615 g/mol. The lowest BCUT2D eigenvalue weighted by Crippen LogP contribution is -2.60. The van der Waals surface area contributed by atoms with E-state index in [9.17, 15) is 19.2 Å². The summed E-state index contributed by atoms with van der Waals surface area (Å²) in [6.07, 6.45) is 4.73. The van der Waals surface area contributed by atoms with Crippen LogP contribution in [-0.4, -0.2) is 72.5 Å². The number of Topliss-reactive ketones (excluding diaryl/α,β-unsaturated/α-hetero) is 1. The number of rotatable bonds is 12. The van der Waals surface area contributed by atoms with Crippen LogP contribution in [0.25, 0.3) is 0 Å². The van der Waals surface area contributed by atoms with Crippen LogP contribution in [-0.2, 0) is 28.3 Å². The molecule has 1 aliphatic rings. The van der Waals surface area contributed by atoms with Gasteiger partial charge in [0.15, 0.2) is 8.32 Å². The lowest BCUT2D eigenvalue weighted by molar-refractivity contribution is -0.153. The Kier molecular flexibility index (Phi) is 13.8. The summed E-state index contributed by atoms with van der Waals surface area (Å²) >= 11 is 16.9. The Morgan fingerprint density at radius 3 is 2.37 bits per heavy atom. The summed E-state index contributed by atoms with van der Waals surface area (Å²) in [6.45, 7) is 13.8. The number of carbonyl (C=O) groups is 4. The quantitative estimate of drug-likeness (QED) is 0.144. The highest BCUT2D eigenvalue weighted by atomic mass is 35.6. The van der Waals surface area contributed by atoms with E-state index in [0.29, 0.717) is 19.4 Å². The first-order valence-electron chi connectivity index (χ1n) is 12.8. The highest BCUT2D eigenvalue weighted by molar-refractivity contribution is 6.74. The van der Waals surface area contributed by atoms with E-state index in [1.807, 2.05) is 6.92 Å². The summed E-state index contributed by atoms with van der Waals surface area (Å²) < 4.78 is 9.53. The van der Waals surface area contributed by atoms with E-state index in [1.54, 1.807) is 19.1 Å². The number of nitrogens with zero attached hydrogens (tertiary/aromatic N) is 1. The first-order valence-corrected chi connectivity index (χ1v) is 16.8. The van der Waals surface area contributed by atoms with Gasteiger partial charge in [0, 0.05) is 26.0 Å². The van der Waals surface area contributed by atoms with Gasteiger partial charge in [0.1, 0.15) is 24.5 Å². The summed E-state index contributed by atoms with van der Waals surface area (Å²) in [4.78, 5) is 51.1. The van der Waals surface area contributed by atoms with Crippen molar-refractivity contribution in [2.24, 2.45) is 5.92 Å². The average Bonchev–Trinajstić information content (AvgIpc) is 2.81. The molecule has 0 saturated carbocycles. The largest absolute Gasteiger partial charge is 0.460 e. The Balaban J connectivity index is 2.85. The molecule has 0 aromatic rings. The van der Waals surface area contributed by atoms with Crippen molar-refractivity contribution in [1.82, 2.24) is 15.8 Å². The van der Waals surface area contributed by atoms with Crippen LogP contribution in [0.5, 0.6) is 0 Å². The number of hydrogen-bond acceptors (Lipinski definition) is 7. The van der Waals surface area contributed by atoms with Crippen molar-refractivity contribution in [2.75, 3.05) is 19.8 Å². The normalized spacial score (nSPS) is 18.7. The van der Waals surface area contributed by atoms with Crippen LogP contribution < -0.4 is 10.7 Å². The van der Waals surface area contributed by atoms with Crippen LogP contribution in [0.1, 0.15) is 60.3 Å². The third kappa shape index (κ3) is 11.9. The Morgan fingerprint density at radius 2 is 1.82 bits per heavy atom. The zero-order valence-electron chi connectivity index (χ0n) is 23.4. The number of hydrogen-bond donors (Lipinski definition) is 2. The van der Waals surface area contributed by atoms with E-state index >= 15 is 0 Å². The van der Waals surface area contributed by atoms with E-state index in [4.69, 9.17) is 44.0 Å². The number of alkyl halides is 3. The van der Waals surface area contributed by atoms with Crippen LogP contribution in [0.4, 0.5) is 0 Å². The molecule has 1 heterocycles. The Hall–Kier alpha value is -1.17. The third-order valence-electron chi connectivity index (χ3n) is 6.72. The van der Waals surface area contributed by atoms with E-state index in [-0.39, 0.29) is 30.3 Å². The van der Waals surface area contributed by atoms with E-state index in [0.717, 1.165) is 0 Å². The molecule has 1 fully saturated rings. The fourth-order valence-electron chi connectivity index (χ4n) is 3.36. The number of nitrogens with one attached hydrogen (secondary N) is 2. The lowest BCUT2D eigenvalue weighted by atomic mass is 10.00. The van der Waals surface area contributed by atoms with E-state index in [2.05, 4.69) is 44.6 Å². The maximum absolute atomic E-state index is 13.2. The van der Waals surface area contributed by atoms with Gasteiger partial charge in [-0.2, -0.15) is 0 Å². The molecular weight excluding hydrogens is 573 g/mol. The van der Waals surface area contributed by atoms with Gasteiger partial charge in [-0.25, -0.2) is 5.43 Å². The molecule has 0 aromatic heterocycles. The van der Waals surface area contributed by atoms with Crippen LogP contribution >= 0.6 is 34.8 Å². The fourth-order valence-corrected chi connectivity index (χ4v) is 4.57. The van der Waals surface area contributed by atoms with Crippen molar-refractivity contribution in [2.45, 2.75) is 94.3 Å². The molecule has 1 rings (SSSR count). The summed E-state index contributed by atoms with van der Waals surface area (Å²) in [5.74, 6) is -2.34. The minimum atomic E-state index is -2.17. The van der Waals surface area contributed by atoms with E-state index in [1.165, 1.54) is 5.01 Å². The van der Waals surface area contributed by atoms with Gasteiger partial charge >= 0.3 is 5.97 Å². The zero-order chi connectivity index (χ0) is 29.3. The van der Waals surface area contributed by atoms with Gasteiger partial charge in [-0.15, -0.1) is 0 Å². The Labute approximate surface area is 242 Å². The Bertz CT molecular complexity index is 873. The third-order valence-corrected chi connectivity index (χ3v) is 11.5. The fraction of sp³-hybridized carbons (Fsp3) is 0.760. The SMILES string of the molecule is C/C=C/CC(=O)C[C@@H](CO[Si](C)(C)C(C)(C)C)C(=O)N[C@@H](C)C(=O)N1CCC[C@@H](C(=O)OCC(Cl)(Cl)Cl)N1. The minimum absolute atomic E-state index is 0.00475. The molecular formula is C25H42Cl3N3O6Si. The smallest absolute Gasteiger partial charge is 0.325 e. The second-order valence-corrected chi connectivity index (χ2v) is 18.4. The molecule has 38 heavy (non-hydrogen) atoms. The first kappa shape index (κ1) is 34.9. The summed E-state index contributed by atoms with van der Waals surface area (Å²) in [5, 5.41) is 3.95. The maximum Gasteiger partial charge on any atom is 0.325 e. The van der Waals surface area contributed by atoms with Gasteiger partial charge in [-0.05, 0) is 44.8 Å². The number of carbonyl (C=O) groups excluding carboxylic acids is 4. The number of halogens is 3. The predicted molar refractivity (Wildman–Crippen MR) is 152 cm³/mol. The molecule has 2 N–H and O–H groups in total. The van der Waals surface area contributed by atoms with E-state index < -0.39 is 54.5 Å². The highest BCUT2D eigenvalue weighted by Gasteiger charge is 2.39. The first-order chi connectivity index (χ1) is 17.4. The standard InChI is InChI=1S/C25H42Cl3N3O6Si/c1-8-9-11-19(32)14-18(15-37-38(6,7)24(3,4)5)21(33)29-17(2)22(34)31-13-10-12-20(30-31)23(35)36-16-25(26,27)28/h8-9,17-18,20,30H,10-16H2,1-7H3,(H,29,33)/b9-8+/t17-,18-,20-/m0/s1. The molecule has 2 amide bonds. The van der Waals surface area contributed by atoms with Crippen molar-refractivity contribution in [3.05, 3.63) is 12.2 Å². The number of hydrazine groups is 1. The molecule has 3 atom stereocenters. The van der Waals surface area contributed by atoms with Crippen LogP contribution in [0.15, 0.2) is 12.2 Å². The molecule has 9 nitrogen and oxygen atoms in total. The van der Waals surface area contributed by atoms with Crippen LogP contribution in [0, 0.1) is 5.92 Å². The number of ether oxygens (including phenoxy) is 1. The molecule has 0 unspecified atom stereocenters. The van der Waals surface area contributed by atoms with Crippen molar-refractivity contribution in [1.29, 1.82) is 0 Å². The van der Waals surface area contributed by atoms with Gasteiger partial charge < -0.3 is 14.5 Å². The number of esters is 1. The minimum Gasteiger partial charge on any atom is -0.460 e. The molecule has 0 aromatic carbocycles. The van der Waals surface area contributed by atoms with Crippen LogP contribution in [0.3, 0.4) is 0 Å². The number of amides is 2. The summed E-state index contributed by atoms with van der Waals surface area (Å²) in [6, 6.07) is -1.70. The second kappa shape index (κ2) is 15.0. The highest BCUT2D eigenvalue weighted by Crippen LogP contribution is 2.37. The Morgan fingerprint density at radius 1 is 1.18 bits per heavy atom. The lowest BCUT2D eigenvalue weighted by Gasteiger charge is -2.37. The molecule has 0 aliphatic carbocycles. The van der Waals surface area contributed by atoms with Crippen molar-refractivity contribution in [3.8, 4) is 0 Å². The predicted octanol–water partition coefficient (Wildman–Crippen LogP) is 4.46. The molecule has 1 aliphatic heterocycles. The molecule has 0 radical (unpaired) electrons. The molecule has 0 bridgehead atoms. The van der Waals surface area contributed by atoms with Gasteiger partial charge in [0.2, 0.25) is 9.70 Å². The van der Waals surface area contributed by atoms with Crippen molar-refractivity contribution >= 4 is 66.7 Å². The van der Waals surface area contributed by atoms with Gasteiger partial charge in [0.25, 0.3) is 5.91 Å². The topological polar surface area (TPSA) is 114 Å². The molecule has 13 heteroatoms. The molecule has 1 saturated heterocycles. The zero-order valence-corrected chi connectivity index (χ0v) is 26.6. The van der Waals surface area contributed by atoms with Gasteiger partial charge in [-0.3, -0.25) is 24.2 Å². The number of ketones is 1. The van der Waals surface area contributed by atoms with Gasteiger partial charge in [0.05, 0.1) is 5.92 Å². The summed E-state index contributed by atoms with van der Waals surface area (Å²) in [5.41, 5.74) is 2.84. The van der Waals surface area contributed by atoms with Crippen molar-refractivity contribution < 1.29 is 28.3 Å². The monoisotopic (exact) mass is 613 g/mol. The maximum atomic E-state index is 13.2. The van der Waals surface area contributed by atoms with Crippen molar-refractivity contribution in [3.63, 3.8) is 0 Å². The molecule has 0 spiro atoms.